The molecule has 0 atom stereocenters. The molecule has 0 N–H and O–H groups in total. The Morgan fingerprint density at radius 1 is 0.950 bits per heavy atom. The van der Waals surface area contributed by atoms with Crippen LogP contribution in [-0.2, 0) is 9.47 Å². The SMILES string of the molecule is COCCOCCOc1c(OC)cc(C=O)cc1OC. The third-order valence-electron chi connectivity index (χ3n) is 2.52. The van der Waals surface area contributed by atoms with E-state index in [9.17, 15) is 4.79 Å². The number of methoxy groups -OCH3 is 3. The summed E-state index contributed by atoms with van der Waals surface area (Å²) in [7, 11) is 4.63. The molecule has 6 nitrogen and oxygen atoms in total. The maximum atomic E-state index is 10.8. The van der Waals surface area contributed by atoms with Gasteiger partial charge in [-0.05, 0) is 12.1 Å². The second-order valence-electron chi connectivity index (χ2n) is 3.83. The van der Waals surface area contributed by atoms with Crippen LogP contribution in [0.5, 0.6) is 17.2 Å². The van der Waals surface area contributed by atoms with Crippen LogP contribution in [0.25, 0.3) is 0 Å². The summed E-state index contributed by atoms with van der Waals surface area (Å²) in [5.74, 6) is 1.35. The molecule has 0 heterocycles. The van der Waals surface area contributed by atoms with E-state index in [1.807, 2.05) is 0 Å². The standard InChI is InChI=1S/C14H20O6/c1-16-4-5-19-6-7-20-14-12(17-2)8-11(10-15)9-13(14)18-3/h8-10H,4-7H2,1-3H3. The molecule has 0 bridgehead atoms. The Labute approximate surface area is 118 Å². The molecule has 0 amide bonds. The molecule has 1 aromatic rings. The molecule has 0 aliphatic rings. The Morgan fingerprint density at radius 3 is 2.05 bits per heavy atom. The fourth-order valence-corrected chi connectivity index (χ4v) is 1.56. The van der Waals surface area contributed by atoms with E-state index >= 15 is 0 Å². The molecule has 0 aliphatic carbocycles. The van der Waals surface area contributed by atoms with Crippen molar-refractivity contribution in [3.8, 4) is 17.2 Å². The van der Waals surface area contributed by atoms with Crippen LogP contribution in [-0.4, -0.2) is 54.0 Å². The number of ether oxygens (including phenoxy) is 5. The smallest absolute Gasteiger partial charge is 0.203 e. The zero-order valence-corrected chi connectivity index (χ0v) is 12.0. The third-order valence-corrected chi connectivity index (χ3v) is 2.52. The van der Waals surface area contributed by atoms with Gasteiger partial charge in [0.05, 0.1) is 34.0 Å². The average molecular weight is 284 g/mol. The van der Waals surface area contributed by atoms with Gasteiger partial charge in [-0.1, -0.05) is 0 Å². The molecular formula is C14H20O6. The van der Waals surface area contributed by atoms with Gasteiger partial charge in [0, 0.05) is 12.7 Å². The van der Waals surface area contributed by atoms with Crippen LogP contribution >= 0.6 is 0 Å². The van der Waals surface area contributed by atoms with Crippen molar-refractivity contribution in [2.75, 3.05) is 47.8 Å². The van der Waals surface area contributed by atoms with Crippen LogP contribution in [0.2, 0.25) is 0 Å². The first kappa shape index (κ1) is 16.3. The van der Waals surface area contributed by atoms with Crippen molar-refractivity contribution < 1.29 is 28.5 Å². The predicted molar refractivity (Wildman–Crippen MR) is 73.1 cm³/mol. The van der Waals surface area contributed by atoms with E-state index in [-0.39, 0.29) is 0 Å². The molecule has 0 unspecified atom stereocenters. The van der Waals surface area contributed by atoms with Gasteiger partial charge in [0.2, 0.25) is 5.75 Å². The van der Waals surface area contributed by atoms with Crippen molar-refractivity contribution in [2.24, 2.45) is 0 Å². The van der Waals surface area contributed by atoms with Crippen molar-refractivity contribution in [1.82, 2.24) is 0 Å². The van der Waals surface area contributed by atoms with Crippen molar-refractivity contribution in [1.29, 1.82) is 0 Å². The Balaban J connectivity index is 2.65. The molecule has 0 aromatic heterocycles. The summed E-state index contributed by atoms with van der Waals surface area (Å²) in [5, 5.41) is 0. The molecule has 6 heteroatoms. The molecule has 0 fully saturated rings. The summed E-state index contributed by atoms with van der Waals surface area (Å²) in [6, 6.07) is 3.19. The van der Waals surface area contributed by atoms with Crippen LogP contribution < -0.4 is 14.2 Å². The predicted octanol–water partition coefficient (Wildman–Crippen LogP) is 1.56. The van der Waals surface area contributed by atoms with Crippen molar-refractivity contribution >= 4 is 6.29 Å². The summed E-state index contributed by atoms with van der Waals surface area (Å²) in [6.07, 6.45) is 0.725. The van der Waals surface area contributed by atoms with E-state index in [2.05, 4.69) is 0 Å². The Hall–Kier alpha value is -1.79. The first-order valence-corrected chi connectivity index (χ1v) is 6.17. The van der Waals surface area contributed by atoms with Gasteiger partial charge in [-0.25, -0.2) is 0 Å². The number of aldehydes is 1. The first-order chi connectivity index (χ1) is 9.76. The fraction of sp³-hybridized carbons (Fsp3) is 0.500. The lowest BCUT2D eigenvalue weighted by molar-refractivity contribution is 0.0535. The lowest BCUT2D eigenvalue weighted by atomic mass is 10.2. The molecule has 1 aromatic carbocycles. The van der Waals surface area contributed by atoms with E-state index in [4.69, 9.17) is 23.7 Å². The summed E-state index contributed by atoms with van der Waals surface area (Å²) in [4.78, 5) is 10.8. The first-order valence-electron chi connectivity index (χ1n) is 6.17. The van der Waals surface area contributed by atoms with E-state index < -0.39 is 0 Å². The maximum Gasteiger partial charge on any atom is 0.203 e. The number of rotatable bonds is 10. The highest BCUT2D eigenvalue weighted by molar-refractivity contribution is 5.78. The minimum Gasteiger partial charge on any atom is -0.493 e. The van der Waals surface area contributed by atoms with Gasteiger partial charge in [0.25, 0.3) is 0 Å². The summed E-state index contributed by atoms with van der Waals surface area (Å²) < 4.78 is 26.2. The van der Waals surface area contributed by atoms with E-state index in [0.717, 1.165) is 6.29 Å². The van der Waals surface area contributed by atoms with Gasteiger partial charge >= 0.3 is 0 Å². The third kappa shape index (κ3) is 4.71. The van der Waals surface area contributed by atoms with Crippen LogP contribution in [0.1, 0.15) is 10.4 Å². The molecule has 0 aliphatic heterocycles. The zero-order valence-electron chi connectivity index (χ0n) is 12.0. The number of carbonyl (C=O) groups excluding carboxylic acids is 1. The average Bonchev–Trinajstić information content (AvgIpc) is 2.50. The molecule has 0 spiro atoms. The van der Waals surface area contributed by atoms with Crippen molar-refractivity contribution in [2.45, 2.75) is 0 Å². The number of benzene rings is 1. The van der Waals surface area contributed by atoms with Gasteiger partial charge in [0.1, 0.15) is 12.9 Å². The highest BCUT2D eigenvalue weighted by Gasteiger charge is 2.13. The largest absolute Gasteiger partial charge is 0.493 e. The minimum absolute atomic E-state index is 0.344. The lowest BCUT2D eigenvalue weighted by Gasteiger charge is -2.15. The normalized spacial score (nSPS) is 10.2. The molecule has 0 saturated heterocycles. The molecule has 1 rings (SSSR count). The molecule has 112 valence electrons. The van der Waals surface area contributed by atoms with Gasteiger partial charge in [-0.3, -0.25) is 4.79 Å². The van der Waals surface area contributed by atoms with E-state index in [1.54, 1.807) is 19.2 Å². The van der Waals surface area contributed by atoms with Gasteiger partial charge in [-0.2, -0.15) is 0 Å². The summed E-state index contributed by atoms with van der Waals surface area (Å²) in [5.41, 5.74) is 0.461. The van der Waals surface area contributed by atoms with Crippen molar-refractivity contribution in [3.05, 3.63) is 17.7 Å². The lowest BCUT2D eigenvalue weighted by Crippen LogP contribution is -2.11. The van der Waals surface area contributed by atoms with Gasteiger partial charge in [-0.15, -0.1) is 0 Å². The second kappa shape index (κ2) is 9.17. The number of carbonyl (C=O) groups is 1. The van der Waals surface area contributed by atoms with Gasteiger partial charge in [0.15, 0.2) is 11.5 Å². The van der Waals surface area contributed by atoms with Crippen molar-refractivity contribution in [3.63, 3.8) is 0 Å². The number of hydrogen-bond acceptors (Lipinski definition) is 6. The highest BCUT2D eigenvalue weighted by atomic mass is 16.6. The van der Waals surface area contributed by atoms with E-state index in [0.29, 0.717) is 49.2 Å². The molecule has 20 heavy (non-hydrogen) atoms. The quantitative estimate of drug-likeness (QED) is 0.480. The fourth-order valence-electron chi connectivity index (χ4n) is 1.56. The summed E-state index contributed by atoms with van der Waals surface area (Å²) >= 11 is 0. The topological polar surface area (TPSA) is 63.2 Å². The number of hydrogen-bond donors (Lipinski definition) is 0. The van der Waals surface area contributed by atoms with Crippen LogP contribution in [0.15, 0.2) is 12.1 Å². The van der Waals surface area contributed by atoms with Gasteiger partial charge < -0.3 is 23.7 Å². The maximum absolute atomic E-state index is 10.8. The molecular weight excluding hydrogens is 264 g/mol. The molecule has 0 saturated carbocycles. The van der Waals surface area contributed by atoms with Crippen LogP contribution in [0, 0.1) is 0 Å². The summed E-state index contributed by atoms with van der Waals surface area (Å²) in [6.45, 7) is 1.82. The Morgan fingerprint density at radius 2 is 1.55 bits per heavy atom. The highest BCUT2D eigenvalue weighted by Crippen LogP contribution is 2.38. The van der Waals surface area contributed by atoms with Crippen LogP contribution in [0.4, 0.5) is 0 Å². The van der Waals surface area contributed by atoms with Crippen LogP contribution in [0.3, 0.4) is 0 Å². The zero-order chi connectivity index (χ0) is 14.8. The second-order valence-corrected chi connectivity index (χ2v) is 3.83. The monoisotopic (exact) mass is 284 g/mol. The molecule has 0 radical (unpaired) electrons. The Bertz CT molecular complexity index is 393. The Kier molecular flexibility index (Phi) is 7.46. The van der Waals surface area contributed by atoms with E-state index in [1.165, 1.54) is 14.2 Å². The minimum atomic E-state index is 0.344.